The van der Waals surface area contributed by atoms with E-state index in [-0.39, 0.29) is 5.69 Å². The fourth-order valence-corrected chi connectivity index (χ4v) is 1.96. The Kier molecular flexibility index (Phi) is 4.88. The van der Waals surface area contributed by atoms with E-state index in [1.807, 2.05) is 18.2 Å². The minimum Gasteiger partial charge on any atom is -0.322 e. The van der Waals surface area contributed by atoms with E-state index in [4.69, 9.17) is 11.6 Å². The summed E-state index contributed by atoms with van der Waals surface area (Å²) in [5, 5.41) is 1.96. The summed E-state index contributed by atoms with van der Waals surface area (Å²) in [7, 11) is 0. The quantitative estimate of drug-likeness (QED) is 0.790. The fourth-order valence-electron chi connectivity index (χ4n) is 1.74. The van der Waals surface area contributed by atoms with Crippen LogP contribution in [0.3, 0.4) is 0 Å². The molecular formula is C16H11ClF3NO. The third-order valence-electron chi connectivity index (χ3n) is 2.77. The number of carbonyl (C=O) groups is 1. The third kappa shape index (κ3) is 4.36. The van der Waals surface area contributed by atoms with E-state index in [1.54, 1.807) is 18.2 Å². The van der Waals surface area contributed by atoms with Crippen molar-refractivity contribution in [3.05, 3.63) is 70.8 Å². The number of benzene rings is 2. The van der Waals surface area contributed by atoms with Crippen molar-refractivity contribution < 1.29 is 18.0 Å². The molecule has 0 bridgehead atoms. The Hall–Kier alpha value is -2.27. The summed E-state index contributed by atoms with van der Waals surface area (Å²) in [6.45, 7) is 0. The molecule has 0 aromatic heterocycles. The molecule has 2 rings (SSSR count). The van der Waals surface area contributed by atoms with E-state index in [1.165, 1.54) is 12.1 Å². The van der Waals surface area contributed by atoms with Crippen LogP contribution in [0.15, 0.2) is 54.6 Å². The second-order valence-corrected chi connectivity index (χ2v) is 4.83. The van der Waals surface area contributed by atoms with Gasteiger partial charge in [0, 0.05) is 11.8 Å². The largest absolute Gasteiger partial charge is 0.417 e. The van der Waals surface area contributed by atoms with E-state index >= 15 is 0 Å². The SMILES string of the molecule is O=C(/C=C/c1ccccc1)Nc1ccc(Cl)c(C(F)(F)F)c1. The number of halogens is 4. The van der Waals surface area contributed by atoms with Gasteiger partial charge in [0.1, 0.15) is 0 Å². The van der Waals surface area contributed by atoms with Crippen molar-refractivity contribution in [3.63, 3.8) is 0 Å². The highest BCUT2D eigenvalue weighted by Crippen LogP contribution is 2.36. The summed E-state index contributed by atoms with van der Waals surface area (Å²) in [5.41, 5.74) is -0.150. The van der Waals surface area contributed by atoms with Gasteiger partial charge in [-0.2, -0.15) is 13.2 Å². The van der Waals surface area contributed by atoms with Crippen molar-refractivity contribution in [2.24, 2.45) is 0 Å². The summed E-state index contributed by atoms with van der Waals surface area (Å²) in [4.78, 5) is 11.7. The minimum atomic E-state index is -4.57. The Balaban J connectivity index is 2.11. The molecule has 6 heteroatoms. The van der Waals surface area contributed by atoms with E-state index in [2.05, 4.69) is 5.32 Å². The molecule has 1 N–H and O–H groups in total. The molecule has 0 fully saturated rings. The van der Waals surface area contributed by atoms with Crippen LogP contribution in [0.1, 0.15) is 11.1 Å². The molecule has 0 heterocycles. The van der Waals surface area contributed by atoms with Crippen LogP contribution in [0.2, 0.25) is 5.02 Å². The summed E-state index contributed by atoms with van der Waals surface area (Å²) >= 11 is 5.51. The standard InChI is InChI=1S/C16H11ClF3NO/c17-14-8-7-12(10-13(14)16(18,19)20)21-15(22)9-6-11-4-2-1-3-5-11/h1-10H,(H,21,22)/b9-6+. The van der Waals surface area contributed by atoms with Crippen molar-refractivity contribution in [2.45, 2.75) is 6.18 Å². The van der Waals surface area contributed by atoms with Gasteiger partial charge < -0.3 is 5.32 Å². The Labute approximate surface area is 130 Å². The second-order valence-electron chi connectivity index (χ2n) is 4.43. The van der Waals surface area contributed by atoms with Crippen molar-refractivity contribution in [1.82, 2.24) is 0 Å². The van der Waals surface area contributed by atoms with Gasteiger partial charge in [0.15, 0.2) is 0 Å². The number of nitrogens with one attached hydrogen (secondary N) is 1. The van der Waals surface area contributed by atoms with Gasteiger partial charge in [0.05, 0.1) is 10.6 Å². The molecule has 0 saturated heterocycles. The number of hydrogen-bond donors (Lipinski definition) is 1. The van der Waals surface area contributed by atoms with Gasteiger partial charge in [-0.05, 0) is 29.8 Å². The lowest BCUT2D eigenvalue weighted by Gasteiger charge is -2.11. The molecule has 2 aromatic carbocycles. The molecule has 0 aliphatic heterocycles. The summed E-state index contributed by atoms with van der Waals surface area (Å²) in [5.74, 6) is -0.528. The average molecular weight is 326 g/mol. The molecule has 0 aliphatic rings. The van der Waals surface area contributed by atoms with Crippen molar-refractivity contribution in [2.75, 3.05) is 5.32 Å². The minimum absolute atomic E-state index is 0.0273. The third-order valence-corrected chi connectivity index (χ3v) is 3.10. The second kappa shape index (κ2) is 6.66. The molecule has 0 atom stereocenters. The van der Waals surface area contributed by atoms with Gasteiger partial charge in [-0.1, -0.05) is 41.9 Å². The van der Waals surface area contributed by atoms with Crippen LogP contribution >= 0.6 is 11.6 Å². The number of anilines is 1. The van der Waals surface area contributed by atoms with Crippen LogP contribution in [-0.4, -0.2) is 5.91 Å². The Morgan fingerprint density at radius 3 is 2.41 bits per heavy atom. The zero-order valence-corrected chi connectivity index (χ0v) is 11.9. The molecule has 22 heavy (non-hydrogen) atoms. The maximum Gasteiger partial charge on any atom is 0.417 e. The lowest BCUT2D eigenvalue weighted by Crippen LogP contribution is -2.11. The zero-order chi connectivity index (χ0) is 16.2. The van der Waals surface area contributed by atoms with E-state index in [9.17, 15) is 18.0 Å². The fraction of sp³-hybridized carbons (Fsp3) is 0.0625. The molecule has 2 nitrogen and oxygen atoms in total. The number of rotatable bonds is 3. The zero-order valence-electron chi connectivity index (χ0n) is 11.2. The Bertz CT molecular complexity index is 696. The normalized spacial score (nSPS) is 11.6. The van der Waals surface area contributed by atoms with Gasteiger partial charge in [0.2, 0.25) is 5.91 Å². The number of hydrogen-bond acceptors (Lipinski definition) is 1. The molecule has 2 aromatic rings. The van der Waals surface area contributed by atoms with Crippen LogP contribution in [0.25, 0.3) is 6.08 Å². The molecule has 114 valence electrons. The highest BCUT2D eigenvalue weighted by molar-refractivity contribution is 6.31. The maximum absolute atomic E-state index is 12.7. The molecule has 0 unspecified atom stereocenters. The monoisotopic (exact) mass is 325 g/mol. The van der Waals surface area contributed by atoms with Crippen LogP contribution in [-0.2, 0) is 11.0 Å². The van der Waals surface area contributed by atoms with Crippen molar-refractivity contribution >= 4 is 29.3 Å². The first kappa shape index (κ1) is 16.1. The maximum atomic E-state index is 12.7. The topological polar surface area (TPSA) is 29.1 Å². The number of alkyl halides is 3. The highest BCUT2D eigenvalue weighted by atomic mass is 35.5. The molecule has 0 radical (unpaired) electrons. The molecular weight excluding hydrogens is 315 g/mol. The average Bonchev–Trinajstić information content (AvgIpc) is 2.47. The van der Waals surface area contributed by atoms with E-state index in [0.29, 0.717) is 0 Å². The summed E-state index contributed by atoms with van der Waals surface area (Å²) < 4.78 is 38.2. The van der Waals surface area contributed by atoms with Crippen molar-refractivity contribution in [3.8, 4) is 0 Å². The molecule has 1 amide bonds. The van der Waals surface area contributed by atoms with Crippen LogP contribution in [0.4, 0.5) is 18.9 Å². The van der Waals surface area contributed by atoms with E-state index in [0.717, 1.165) is 17.7 Å². The van der Waals surface area contributed by atoms with Gasteiger partial charge in [-0.3, -0.25) is 4.79 Å². The lowest BCUT2D eigenvalue weighted by atomic mass is 10.2. The van der Waals surface area contributed by atoms with Crippen molar-refractivity contribution in [1.29, 1.82) is 0 Å². The predicted octanol–water partition coefficient (Wildman–Crippen LogP) is 5.01. The highest BCUT2D eigenvalue weighted by Gasteiger charge is 2.33. The van der Waals surface area contributed by atoms with Crippen LogP contribution in [0.5, 0.6) is 0 Å². The van der Waals surface area contributed by atoms with Crippen LogP contribution in [0, 0.1) is 0 Å². The first-order chi connectivity index (χ1) is 10.4. The predicted molar refractivity (Wildman–Crippen MR) is 80.6 cm³/mol. The summed E-state index contributed by atoms with van der Waals surface area (Å²) in [6.07, 6.45) is -1.76. The summed E-state index contributed by atoms with van der Waals surface area (Å²) in [6, 6.07) is 12.3. The molecule has 0 spiro atoms. The first-order valence-corrected chi connectivity index (χ1v) is 6.65. The smallest absolute Gasteiger partial charge is 0.322 e. The Morgan fingerprint density at radius 2 is 1.77 bits per heavy atom. The number of carbonyl (C=O) groups excluding carboxylic acids is 1. The van der Waals surface area contributed by atoms with Gasteiger partial charge in [0.25, 0.3) is 0 Å². The van der Waals surface area contributed by atoms with Crippen LogP contribution < -0.4 is 5.32 Å². The molecule has 0 aliphatic carbocycles. The van der Waals surface area contributed by atoms with Gasteiger partial charge >= 0.3 is 6.18 Å². The first-order valence-electron chi connectivity index (χ1n) is 6.27. The van der Waals surface area contributed by atoms with E-state index < -0.39 is 22.7 Å². The lowest BCUT2D eigenvalue weighted by molar-refractivity contribution is -0.137. The molecule has 0 saturated carbocycles. The van der Waals surface area contributed by atoms with Gasteiger partial charge in [-0.25, -0.2) is 0 Å². The number of amides is 1. The van der Waals surface area contributed by atoms with Gasteiger partial charge in [-0.15, -0.1) is 0 Å². The Morgan fingerprint density at radius 1 is 1.09 bits per heavy atom.